The second-order valence-electron chi connectivity index (χ2n) is 5.27. The van der Waals surface area contributed by atoms with E-state index in [2.05, 4.69) is 5.32 Å². The molecule has 104 valence electrons. The Hall–Kier alpha value is -1.13. The number of carbonyl (C=O) groups is 1. The number of nitrogens with two attached hydrogens (primary N) is 1. The third kappa shape index (κ3) is 3.91. The third-order valence-corrected chi connectivity index (χ3v) is 3.88. The fourth-order valence-corrected chi connectivity index (χ4v) is 2.69. The minimum absolute atomic E-state index is 0.0650. The van der Waals surface area contributed by atoms with Crippen LogP contribution in [0, 0.1) is 5.82 Å². The summed E-state index contributed by atoms with van der Waals surface area (Å²) in [5.41, 5.74) is 6.57. The number of halogens is 2. The van der Waals surface area contributed by atoms with Crippen molar-refractivity contribution in [2.75, 3.05) is 0 Å². The molecule has 0 atom stereocenters. The number of amides is 1. The molecule has 3 N–H and O–H groups in total. The van der Waals surface area contributed by atoms with Gasteiger partial charge in [-0.25, -0.2) is 4.39 Å². The first kappa shape index (κ1) is 14.3. The van der Waals surface area contributed by atoms with Gasteiger partial charge in [0.25, 0.3) is 0 Å². The normalized spacial score (nSPS) is 17.4. The maximum absolute atomic E-state index is 13.0. The van der Waals surface area contributed by atoms with Crippen molar-refractivity contribution in [3.63, 3.8) is 0 Å². The molecular formula is C14H18ClFN2O. The van der Waals surface area contributed by atoms with Gasteiger partial charge in [-0.3, -0.25) is 4.79 Å². The first-order valence-electron chi connectivity index (χ1n) is 6.48. The van der Waals surface area contributed by atoms with Crippen molar-refractivity contribution in [1.82, 2.24) is 5.32 Å². The van der Waals surface area contributed by atoms with Crippen LogP contribution in [0.25, 0.3) is 0 Å². The van der Waals surface area contributed by atoms with Crippen molar-refractivity contribution in [2.24, 2.45) is 5.73 Å². The molecule has 0 heterocycles. The molecule has 0 aliphatic heterocycles. The van der Waals surface area contributed by atoms with E-state index in [1.165, 1.54) is 12.1 Å². The molecule has 0 aromatic heterocycles. The van der Waals surface area contributed by atoms with Gasteiger partial charge in [-0.05, 0) is 30.5 Å². The van der Waals surface area contributed by atoms with Gasteiger partial charge in [-0.15, -0.1) is 0 Å². The predicted molar refractivity (Wildman–Crippen MR) is 73.3 cm³/mol. The van der Waals surface area contributed by atoms with E-state index < -0.39 is 5.82 Å². The Morgan fingerprint density at radius 1 is 1.42 bits per heavy atom. The van der Waals surface area contributed by atoms with Crippen LogP contribution in [0.15, 0.2) is 18.2 Å². The zero-order chi connectivity index (χ0) is 13.9. The van der Waals surface area contributed by atoms with Crippen molar-refractivity contribution in [2.45, 2.75) is 44.2 Å². The fourth-order valence-electron chi connectivity index (χ4n) is 2.49. The Bertz CT molecular complexity index is 473. The standard InChI is InChI=1S/C14H18ClFN2O/c15-11-7-10(3-4-12(11)16)9-18-13(19)8-14(17)5-1-2-6-14/h3-4,7H,1-2,5-6,8-9,17H2,(H,18,19). The second-order valence-corrected chi connectivity index (χ2v) is 5.68. The number of rotatable bonds is 4. The molecule has 3 nitrogen and oxygen atoms in total. The molecule has 0 bridgehead atoms. The van der Waals surface area contributed by atoms with Crippen LogP contribution in [0.4, 0.5) is 4.39 Å². The van der Waals surface area contributed by atoms with Crippen LogP contribution in [-0.4, -0.2) is 11.4 Å². The van der Waals surface area contributed by atoms with Crippen LogP contribution in [0.3, 0.4) is 0 Å². The molecular weight excluding hydrogens is 267 g/mol. The van der Waals surface area contributed by atoms with E-state index in [-0.39, 0.29) is 16.5 Å². The zero-order valence-electron chi connectivity index (χ0n) is 10.7. The van der Waals surface area contributed by atoms with Gasteiger partial charge in [-0.2, -0.15) is 0 Å². The van der Waals surface area contributed by atoms with Gasteiger partial charge in [0, 0.05) is 18.5 Å². The zero-order valence-corrected chi connectivity index (χ0v) is 11.5. The SMILES string of the molecule is NC1(CC(=O)NCc2ccc(F)c(Cl)c2)CCCC1. The number of hydrogen-bond donors (Lipinski definition) is 2. The average Bonchev–Trinajstić information content (AvgIpc) is 2.77. The van der Waals surface area contributed by atoms with Crippen LogP contribution in [-0.2, 0) is 11.3 Å². The average molecular weight is 285 g/mol. The number of benzene rings is 1. The van der Waals surface area contributed by atoms with Crippen LogP contribution in [0.5, 0.6) is 0 Å². The molecule has 0 unspecified atom stereocenters. The molecule has 1 aromatic carbocycles. The number of nitrogens with one attached hydrogen (secondary N) is 1. The van der Waals surface area contributed by atoms with E-state index in [1.54, 1.807) is 6.07 Å². The lowest BCUT2D eigenvalue weighted by Gasteiger charge is -2.22. The largest absolute Gasteiger partial charge is 0.352 e. The first-order valence-corrected chi connectivity index (χ1v) is 6.86. The molecule has 5 heteroatoms. The molecule has 2 rings (SSSR count). The van der Waals surface area contributed by atoms with E-state index in [0.717, 1.165) is 31.2 Å². The highest BCUT2D eigenvalue weighted by atomic mass is 35.5. The molecule has 1 fully saturated rings. The highest BCUT2D eigenvalue weighted by Gasteiger charge is 2.31. The highest BCUT2D eigenvalue weighted by Crippen LogP contribution is 2.29. The lowest BCUT2D eigenvalue weighted by molar-refractivity contribution is -0.122. The predicted octanol–water partition coefficient (Wildman–Crippen LogP) is 2.76. The summed E-state index contributed by atoms with van der Waals surface area (Å²) in [7, 11) is 0. The summed E-state index contributed by atoms with van der Waals surface area (Å²) in [5, 5.41) is 2.87. The minimum Gasteiger partial charge on any atom is -0.352 e. The maximum atomic E-state index is 13.0. The lowest BCUT2D eigenvalue weighted by Crippen LogP contribution is -2.42. The van der Waals surface area contributed by atoms with Crippen molar-refractivity contribution in [3.8, 4) is 0 Å². The molecule has 0 saturated heterocycles. The van der Waals surface area contributed by atoms with Crippen molar-refractivity contribution in [3.05, 3.63) is 34.6 Å². The van der Waals surface area contributed by atoms with Gasteiger partial charge >= 0.3 is 0 Å². The summed E-state index contributed by atoms with van der Waals surface area (Å²) in [6.07, 6.45) is 4.35. The fraction of sp³-hybridized carbons (Fsp3) is 0.500. The molecule has 1 saturated carbocycles. The van der Waals surface area contributed by atoms with E-state index in [1.807, 2.05) is 0 Å². The van der Waals surface area contributed by atoms with Gasteiger partial charge in [0.15, 0.2) is 0 Å². The smallest absolute Gasteiger partial charge is 0.222 e. The van der Waals surface area contributed by atoms with Crippen LogP contribution >= 0.6 is 11.6 Å². The summed E-state index contributed by atoms with van der Waals surface area (Å²) in [5.74, 6) is -0.520. The number of carbonyl (C=O) groups excluding carboxylic acids is 1. The summed E-state index contributed by atoms with van der Waals surface area (Å²) in [4.78, 5) is 11.8. The van der Waals surface area contributed by atoms with Gasteiger partial charge in [0.2, 0.25) is 5.91 Å². The molecule has 0 spiro atoms. The Kier molecular flexibility index (Phi) is 4.42. The van der Waals surface area contributed by atoms with E-state index in [4.69, 9.17) is 17.3 Å². The molecule has 0 radical (unpaired) electrons. The van der Waals surface area contributed by atoms with Gasteiger partial charge in [0.05, 0.1) is 5.02 Å². The second kappa shape index (κ2) is 5.88. The van der Waals surface area contributed by atoms with E-state index >= 15 is 0 Å². The Morgan fingerprint density at radius 3 is 2.74 bits per heavy atom. The van der Waals surface area contributed by atoms with Gasteiger partial charge < -0.3 is 11.1 Å². The van der Waals surface area contributed by atoms with Crippen LogP contribution in [0.2, 0.25) is 5.02 Å². The third-order valence-electron chi connectivity index (χ3n) is 3.59. The molecule has 1 amide bonds. The van der Waals surface area contributed by atoms with Gasteiger partial charge in [-0.1, -0.05) is 30.5 Å². The number of hydrogen-bond acceptors (Lipinski definition) is 2. The lowest BCUT2D eigenvalue weighted by atomic mass is 9.94. The maximum Gasteiger partial charge on any atom is 0.222 e. The Morgan fingerprint density at radius 2 is 2.11 bits per heavy atom. The van der Waals surface area contributed by atoms with Crippen LogP contribution < -0.4 is 11.1 Å². The Balaban J connectivity index is 1.84. The van der Waals surface area contributed by atoms with E-state index in [0.29, 0.717) is 13.0 Å². The van der Waals surface area contributed by atoms with Crippen molar-refractivity contribution < 1.29 is 9.18 Å². The molecule has 1 aliphatic rings. The topological polar surface area (TPSA) is 55.1 Å². The summed E-state index contributed by atoms with van der Waals surface area (Å²) in [6.45, 7) is 0.342. The van der Waals surface area contributed by atoms with Gasteiger partial charge in [0.1, 0.15) is 5.82 Å². The van der Waals surface area contributed by atoms with E-state index in [9.17, 15) is 9.18 Å². The Labute approximate surface area is 117 Å². The quantitative estimate of drug-likeness (QED) is 0.893. The monoisotopic (exact) mass is 284 g/mol. The summed E-state index contributed by atoms with van der Waals surface area (Å²) in [6, 6.07) is 4.42. The molecule has 1 aromatic rings. The minimum atomic E-state index is -0.455. The van der Waals surface area contributed by atoms with Crippen molar-refractivity contribution >= 4 is 17.5 Å². The summed E-state index contributed by atoms with van der Waals surface area (Å²) >= 11 is 5.68. The first-order chi connectivity index (χ1) is 8.98. The van der Waals surface area contributed by atoms with Crippen LogP contribution in [0.1, 0.15) is 37.7 Å². The molecule has 1 aliphatic carbocycles. The van der Waals surface area contributed by atoms with Crippen molar-refractivity contribution in [1.29, 1.82) is 0 Å². The highest BCUT2D eigenvalue weighted by molar-refractivity contribution is 6.30. The summed E-state index contributed by atoms with van der Waals surface area (Å²) < 4.78 is 13.0. The molecule has 19 heavy (non-hydrogen) atoms.